The molecule has 1 saturated heterocycles. The summed E-state index contributed by atoms with van der Waals surface area (Å²) in [5.41, 5.74) is 0.475. The first-order valence-electron chi connectivity index (χ1n) is 6.63. The van der Waals surface area contributed by atoms with Gasteiger partial charge in [-0.05, 0) is 37.0 Å². The molecule has 2 aliphatic rings. The van der Waals surface area contributed by atoms with Crippen LogP contribution in [0.15, 0.2) is 18.2 Å². The van der Waals surface area contributed by atoms with E-state index in [1.54, 1.807) is 0 Å². The summed E-state index contributed by atoms with van der Waals surface area (Å²) in [5, 5.41) is 3.39. The van der Waals surface area contributed by atoms with Crippen molar-refractivity contribution in [3.8, 4) is 0 Å². The molecule has 1 aliphatic carbocycles. The van der Waals surface area contributed by atoms with E-state index in [1.165, 1.54) is 31.0 Å². The Bertz CT molecular complexity index is 432. The van der Waals surface area contributed by atoms with Crippen molar-refractivity contribution in [2.75, 3.05) is 19.6 Å². The van der Waals surface area contributed by atoms with Crippen molar-refractivity contribution >= 4 is 0 Å². The first-order valence-corrected chi connectivity index (χ1v) is 6.63. The quantitative estimate of drug-likeness (QED) is 0.886. The van der Waals surface area contributed by atoms with E-state index in [4.69, 9.17) is 0 Å². The monoisotopic (exact) mass is 252 g/mol. The SMILES string of the molecule is Fc1ccc(F)c(CN2CCNCC2C2CC2)c1. The third-order valence-electron chi connectivity index (χ3n) is 3.95. The van der Waals surface area contributed by atoms with Crippen LogP contribution in [0.25, 0.3) is 0 Å². The number of rotatable bonds is 3. The third kappa shape index (κ3) is 2.54. The Morgan fingerprint density at radius 3 is 2.89 bits per heavy atom. The highest BCUT2D eigenvalue weighted by atomic mass is 19.1. The molecule has 1 aliphatic heterocycles. The number of hydrogen-bond acceptors (Lipinski definition) is 2. The van der Waals surface area contributed by atoms with Crippen molar-refractivity contribution in [3.63, 3.8) is 0 Å². The molecule has 1 atom stereocenters. The topological polar surface area (TPSA) is 15.3 Å². The predicted octanol–water partition coefficient (Wildman–Crippen LogP) is 2.15. The van der Waals surface area contributed by atoms with Gasteiger partial charge in [-0.3, -0.25) is 4.90 Å². The Kier molecular flexibility index (Phi) is 3.31. The number of halogens is 2. The molecule has 18 heavy (non-hydrogen) atoms. The molecule has 1 aromatic carbocycles. The molecule has 2 fully saturated rings. The zero-order valence-electron chi connectivity index (χ0n) is 10.3. The van der Waals surface area contributed by atoms with Crippen LogP contribution in [0.2, 0.25) is 0 Å². The molecule has 1 unspecified atom stereocenters. The van der Waals surface area contributed by atoms with Crippen LogP contribution in [0.3, 0.4) is 0 Å². The van der Waals surface area contributed by atoms with E-state index in [2.05, 4.69) is 10.2 Å². The van der Waals surface area contributed by atoms with Gasteiger partial charge in [0.15, 0.2) is 0 Å². The van der Waals surface area contributed by atoms with Gasteiger partial charge in [0, 0.05) is 37.8 Å². The van der Waals surface area contributed by atoms with E-state index < -0.39 is 0 Å². The molecule has 0 bridgehead atoms. The Morgan fingerprint density at radius 2 is 2.11 bits per heavy atom. The van der Waals surface area contributed by atoms with Gasteiger partial charge in [0.1, 0.15) is 11.6 Å². The maximum atomic E-state index is 13.7. The van der Waals surface area contributed by atoms with Crippen LogP contribution in [-0.4, -0.2) is 30.6 Å². The van der Waals surface area contributed by atoms with E-state index in [9.17, 15) is 8.78 Å². The second-order valence-electron chi connectivity index (χ2n) is 5.32. The average Bonchev–Trinajstić information content (AvgIpc) is 3.19. The van der Waals surface area contributed by atoms with Gasteiger partial charge in [0.2, 0.25) is 0 Å². The second kappa shape index (κ2) is 4.94. The van der Waals surface area contributed by atoms with Gasteiger partial charge in [0.05, 0.1) is 0 Å². The smallest absolute Gasteiger partial charge is 0.127 e. The summed E-state index contributed by atoms with van der Waals surface area (Å²) in [5.74, 6) is 0.0865. The molecule has 3 rings (SSSR count). The van der Waals surface area contributed by atoms with Gasteiger partial charge < -0.3 is 5.32 Å². The zero-order chi connectivity index (χ0) is 12.5. The van der Waals surface area contributed by atoms with Gasteiger partial charge >= 0.3 is 0 Å². The van der Waals surface area contributed by atoms with Crippen LogP contribution in [0.4, 0.5) is 8.78 Å². The summed E-state index contributed by atoms with van der Waals surface area (Å²) in [7, 11) is 0. The highest BCUT2D eigenvalue weighted by Crippen LogP contribution is 2.36. The lowest BCUT2D eigenvalue weighted by molar-refractivity contribution is 0.134. The molecule has 98 valence electrons. The van der Waals surface area contributed by atoms with Crippen molar-refractivity contribution in [1.29, 1.82) is 0 Å². The van der Waals surface area contributed by atoms with Crippen LogP contribution < -0.4 is 5.32 Å². The third-order valence-corrected chi connectivity index (χ3v) is 3.95. The molecule has 1 saturated carbocycles. The van der Waals surface area contributed by atoms with Crippen LogP contribution in [0, 0.1) is 17.6 Å². The Labute approximate surface area is 106 Å². The van der Waals surface area contributed by atoms with Crippen LogP contribution in [0.5, 0.6) is 0 Å². The fourth-order valence-electron chi connectivity index (χ4n) is 2.79. The first kappa shape index (κ1) is 12.1. The van der Waals surface area contributed by atoms with Crippen LogP contribution in [0.1, 0.15) is 18.4 Å². The Balaban J connectivity index is 1.75. The highest BCUT2D eigenvalue weighted by molar-refractivity contribution is 5.19. The largest absolute Gasteiger partial charge is 0.314 e. The van der Waals surface area contributed by atoms with Crippen LogP contribution in [-0.2, 0) is 6.54 Å². The fourth-order valence-corrected chi connectivity index (χ4v) is 2.79. The summed E-state index contributed by atoms with van der Waals surface area (Å²) in [6.45, 7) is 3.34. The fraction of sp³-hybridized carbons (Fsp3) is 0.571. The van der Waals surface area contributed by atoms with E-state index in [1.807, 2.05) is 0 Å². The highest BCUT2D eigenvalue weighted by Gasteiger charge is 2.36. The standard InChI is InChI=1S/C14H18F2N2/c15-12-3-4-13(16)11(7-12)9-18-6-5-17-8-14(18)10-1-2-10/h3-4,7,10,14,17H,1-2,5-6,8-9H2. The summed E-state index contributed by atoms with van der Waals surface area (Å²) < 4.78 is 26.8. The molecule has 2 nitrogen and oxygen atoms in total. The second-order valence-corrected chi connectivity index (χ2v) is 5.32. The van der Waals surface area contributed by atoms with E-state index in [0.29, 0.717) is 18.2 Å². The average molecular weight is 252 g/mol. The van der Waals surface area contributed by atoms with E-state index in [-0.39, 0.29) is 11.6 Å². The van der Waals surface area contributed by atoms with Crippen LogP contribution >= 0.6 is 0 Å². The maximum absolute atomic E-state index is 13.7. The van der Waals surface area contributed by atoms with Crippen molar-refractivity contribution in [3.05, 3.63) is 35.4 Å². The first-order chi connectivity index (χ1) is 8.74. The van der Waals surface area contributed by atoms with Crippen molar-refractivity contribution < 1.29 is 8.78 Å². The number of benzene rings is 1. The van der Waals surface area contributed by atoms with Gasteiger partial charge in [-0.1, -0.05) is 0 Å². The lowest BCUT2D eigenvalue weighted by Gasteiger charge is -2.36. The van der Waals surface area contributed by atoms with Crippen molar-refractivity contribution in [1.82, 2.24) is 10.2 Å². The number of nitrogens with zero attached hydrogens (tertiary/aromatic N) is 1. The number of hydrogen-bond donors (Lipinski definition) is 1. The lowest BCUT2D eigenvalue weighted by atomic mass is 10.1. The minimum Gasteiger partial charge on any atom is -0.314 e. The Morgan fingerprint density at radius 1 is 1.28 bits per heavy atom. The summed E-state index contributed by atoms with van der Waals surface area (Å²) >= 11 is 0. The van der Waals surface area contributed by atoms with Crippen molar-refractivity contribution in [2.24, 2.45) is 5.92 Å². The zero-order valence-corrected chi connectivity index (χ0v) is 10.3. The maximum Gasteiger partial charge on any atom is 0.127 e. The molecule has 0 radical (unpaired) electrons. The molecule has 0 aromatic heterocycles. The minimum absolute atomic E-state index is 0.301. The molecule has 1 N–H and O–H groups in total. The van der Waals surface area contributed by atoms with Gasteiger partial charge in [-0.2, -0.15) is 0 Å². The molecule has 1 aromatic rings. The lowest BCUT2D eigenvalue weighted by Crippen LogP contribution is -2.51. The molecule has 4 heteroatoms. The number of nitrogens with one attached hydrogen (secondary N) is 1. The van der Waals surface area contributed by atoms with E-state index >= 15 is 0 Å². The molecule has 1 heterocycles. The summed E-state index contributed by atoms with van der Waals surface area (Å²) in [6.07, 6.45) is 2.54. The van der Waals surface area contributed by atoms with Gasteiger partial charge in [-0.25, -0.2) is 8.78 Å². The Hall–Kier alpha value is -1.00. The minimum atomic E-state index is -0.357. The molecule has 0 amide bonds. The normalized spacial score (nSPS) is 25.3. The molecule has 0 spiro atoms. The summed E-state index contributed by atoms with van der Waals surface area (Å²) in [4.78, 5) is 2.30. The number of piperazine rings is 1. The summed E-state index contributed by atoms with van der Waals surface area (Å²) in [6, 6.07) is 4.20. The molecular formula is C14H18F2N2. The van der Waals surface area contributed by atoms with Gasteiger partial charge in [0.25, 0.3) is 0 Å². The van der Waals surface area contributed by atoms with E-state index in [0.717, 1.165) is 25.6 Å². The van der Waals surface area contributed by atoms with Gasteiger partial charge in [-0.15, -0.1) is 0 Å². The predicted molar refractivity (Wildman–Crippen MR) is 66.1 cm³/mol. The van der Waals surface area contributed by atoms with Crippen molar-refractivity contribution in [2.45, 2.75) is 25.4 Å². The molecular weight excluding hydrogens is 234 g/mol.